The topological polar surface area (TPSA) is 130 Å². The zero-order chi connectivity index (χ0) is 26.4. The summed E-state index contributed by atoms with van der Waals surface area (Å²) in [7, 11) is 0. The molecule has 2 atom stereocenters. The predicted molar refractivity (Wildman–Crippen MR) is 147 cm³/mol. The van der Waals surface area contributed by atoms with Gasteiger partial charge >= 0.3 is 5.97 Å². The number of carbonyl (C=O) groups is 3. The Balaban J connectivity index is 1.85. The number of rotatable bonds is 18. The second-order valence-electron chi connectivity index (χ2n) is 10.5. The van der Waals surface area contributed by atoms with E-state index in [9.17, 15) is 19.5 Å². The van der Waals surface area contributed by atoms with E-state index in [-0.39, 0.29) is 18.2 Å². The Hall–Kier alpha value is -1.32. The maximum absolute atomic E-state index is 13.2. The van der Waals surface area contributed by atoms with Gasteiger partial charge < -0.3 is 26.4 Å². The molecule has 0 aliphatic carbocycles. The Morgan fingerprint density at radius 1 is 1.00 bits per heavy atom. The first-order valence-corrected chi connectivity index (χ1v) is 15.2. The van der Waals surface area contributed by atoms with Crippen LogP contribution in [-0.4, -0.2) is 75.0 Å². The van der Waals surface area contributed by atoms with Crippen LogP contribution >= 0.6 is 11.8 Å². The first-order valence-electron chi connectivity index (χ1n) is 14.3. The minimum absolute atomic E-state index is 0.0282. The van der Waals surface area contributed by atoms with Crippen molar-refractivity contribution < 1.29 is 19.5 Å². The fourth-order valence-electron chi connectivity index (χ4n) is 5.44. The van der Waals surface area contributed by atoms with E-state index < -0.39 is 22.1 Å². The van der Waals surface area contributed by atoms with Gasteiger partial charge in [0.25, 0.3) is 0 Å². The molecule has 0 radical (unpaired) electrons. The van der Waals surface area contributed by atoms with E-state index in [1.807, 2.05) is 9.80 Å². The minimum Gasteiger partial charge on any atom is -0.481 e. The van der Waals surface area contributed by atoms with Gasteiger partial charge in [0.05, 0.1) is 22.6 Å². The zero-order valence-electron chi connectivity index (χ0n) is 22.4. The van der Waals surface area contributed by atoms with Gasteiger partial charge in [0.2, 0.25) is 11.8 Å². The Kier molecular flexibility index (Phi) is 14.2. The number of nitrogens with zero attached hydrogens (tertiary/aromatic N) is 2. The molecule has 2 unspecified atom stereocenters. The van der Waals surface area contributed by atoms with Gasteiger partial charge in [-0.25, -0.2) is 0 Å². The number of likely N-dealkylation sites (tertiary alicyclic amines) is 1. The molecule has 2 amide bonds. The van der Waals surface area contributed by atoms with Crippen LogP contribution in [0.25, 0.3) is 0 Å². The molecule has 0 saturated carbocycles. The molecule has 36 heavy (non-hydrogen) atoms. The van der Waals surface area contributed by atoms with Crippen molar-refractivity contribution >= 4 is 29.5 Å². The smallest absolute Gasteiger partial charge is 0.305 e. The van der Waals surface area contributed by atoms with Crippen LogP contribution in [0.15, 0.2) is 0 Å². The van der Waals surface area contributed by atoms with Gasteiger partial charge in [-0.2, -0.15) is 0 Å². The molecule has 2 saturated heterocycles. The molecule has 0 aromatic carbocycles. The van der Waals surface area contributed by atoms with Crippen LogP contribution in [0.3, 0.4) is 0 Å². The molecule has 9 heteroatoms. The summed E-state index contributed by atoms with van der Waals surface area (Å²) in [5.41, 5.74) is 11.7. The second kappa shape index (κ2) is 16.5. The number of unbranched alkanes of at least 4 members (excludes halogenated alkanes) is 10. The maximum atomic E-state index is 13.2. The van der Waals surface area contributed by atoms with Crippen LogP contribution in [0.5, 0.6) is 0 Å². The summed E-state index contributed by atoms with van der Waals surface area (Å²) in [5, 5.41) is 8.80. The van der Waals surface area contributed by atoms with E-state index in [0.717, 1.165) is 25.7 Å². The molecule has 0 aromatic heterocycles. The number of aliphatic carboxylic acids is 1. The van der Waals surface area contributed by atoms with Crippen molar-refractivity contribution in [3.63, 3.8) is 0 Å². The molecule has 1 spiro atoms. The van der Waals surface area contributed by atoms with Gasteiger partial charge in [-0.3, -0.25) is 14.4 Å². The monoisotopic (exact) mass is 526 g/mol. The molecule has 8 nitrogen and oxygen atoms in total. The van der Waals surface area contributed by atoms with Gasteiger partial charge in [-0.15, -0.1) is 11.8 Å². The molecule has 208 valence electrons. The van der Waals surface area contributed by atoms with Gasteiger partial charge in [0.15, 0.2) is 0 Å². The van der Waals surface area contributed by atoms with E-state index in [1.54, 1.807) is 0 Å². The number of amides is 2. The zero-order valence-corrected chi connectivity index (χ0v) is 23.2. The highest BCUT2D eigenvalue weighted by molar-refractivity contribution is 8.02. The van der Waals surface area contributed by atoms with Crippen molar-refractivity contribution in [1.82, 2.24) is 9.80 Å². The molecule has 5 N–H and O–H groups in total. The molecule has 2 heterocycles. The third-order valence-corrected chi connectivity index (χ3v) is 9.35. The first-order chi connectivity index (χ1) is 17.3. The minimum atomic E-state index is -0.937. The average molecular weight is 527 g/mol. The number of carboxylic acids is 1. The SMILES string of the molecule is CCCCCCCCCCCCN1C(=O)C(CC(=O)O)SC12CCN(C(=O)C(N)CCCCN)CC2. The van der Waals surface area contributed by atoms with Crippen LogP contribution in [0.1, 0.15) is 110 Å². The fourth-order valence-corrected chi connectivity index (χ4v) is 7.15. The van der Waals surface area contributed by atoms with Crippen molar-refractivity contribution in [1.29, 1.82) is 0 Å². The predicted octanol–water partition coefficient (Wildman–Crippen LogP) is 4.10. The summed E-state index contributed by atoms with van der Waals surface area (Å²) < 4.78 is 0. The molecule has 0 bridgehead atoms. The number of thioether (sulfide) groups is 1. The fraction of sp³-hybridized carbons (Fsp3) is 0.889. The van der Waals surface area contributed by atoms with E-state index in [0.29, 0.717) is 45.4 Å². The van der Waals surface area contributed by atoms with E-state index >= 15 is 0 Å². The van der Waals surface area contributed by atoms with Crippen molar-refractivity contribution in [2.24, 2.45) is 11.5 Å². The third-order valence-electron chi connectivity index (χ3n) is 7.63. The van der Waals surface area contributed by atoms with E-state index in [4.69, 9.17) is 11.5 Å². The molecule has 0 aromatic rings. The quantitative estimate of drug-likeness (QED) is 0.229. The van der Waals surface area contributed by atoms with Crippen LogP contribution < -0.4 is 11.5 Å². The van der Waals surface area contributed by atoms with E-state index in [2.05, 4.69) is 6.92 Å². The van der Waals surface area contributed by atoms with Crippen molar-refractivity contribution in [2.75, 3.05) is 26.2 Å². The summed E-state index contributed by atoms with van der Waals surface area (Å²) in [6.45, 7) is 4.62. The normalized spacial score (nSPS) is 20.3. The first kappa shape index (κ1) is 30.9. The number of carbonyl (C=O) groups excluding carboxylic acids is 2. The van der Waals surface area contributed by atoms with Crippen LogP contribution in [0.2, 0.25) is 0 Å². The standard InChI is InChI=1S/C27H50N4O4S/c1-2-3-4-5-6-7-8-9-10-13-18-31-26(35)23(21-24(32)33)36-27(31)15-19-30(20-16-27)25(34)22(29)14-11-12-17-28/h22-23H,2-21,28-29H2,1H3,(H,32,33). The maximum Gasteiger partial charge on any atom is 0.305 e. The number of hydrogen-bond donors (Lipinski definition) is 3. The highest BCUT2D eigenvalue weighted by atomic mass is 32.2. The van der Waals surface area contributed by atoms with Crippen molar-refractivity contribution in [3.8, 4) is 0 Å². The summed E-state index contributed by atoms with van der Waals surface area (Å²) in [6.07, 6.45) is 15.9. The Morgan fingerprint density at radius 3 is 2.14 bits per heavy atom. The van der Waals surface area contributed by atoms with Crippen LogP contribution in [-0.2, 0) is 14.4 Å². The van der Waals surface area contributed by atoms with Crippen molar-refractivity contribution in [2.45, 2.75) is 126 Å². The van der Waals surface area contributed by atoms with E-state index in [1.165, 1.54) is 63.1 Å². The van der Waals surface area contributed by atoms with Gasteiger partial charge in [0.1, 0.15) is 0 Å². The Morgan fingerprint density at radius 2 is 1.58 bits per heavy atom. The number of piperidine rings is 1. The second-order valence-corrected chi connectivity index (χ2v) is 12.1. The molecule has 2 aliphatic heterocycles. The molecular weight excluding hydrogens is 476 g/mol. The summed E-state index contributed by atoms with van der Waals surface area (Å²) in [5.74, 6) is -1.01. The lowest BCUT2D eigenvalue weighted by molar-refractivity contribution is -0.141. The van der Waals surface area contributed by atoms with Crippen molar-refractivity contribution in [3.05, 3.63) is 0 Å². The summed E-state index contributed by atoms with van der Waals surface area (Å²) in [4.78, 5) is 40.8. The average Bonchev–Trinajstić information content (AvgIpc) is 3.09. The van der Waals surface area contributed by atoms with Gasteiger partial charge in [-0.05, 0) is 38.6 Å². The molecular formula is C27H50N4O4S. The highest BCUT2D eigenvalue weighted by Crippen LogP contribution is 2.49. The van der Waals surface area contributed by atoms with Gasteiger partial charge in [-0.1, -0.05) is 71.1 Å². The summed E-state index contributed by atoms with van der Waals surface area (Å²) >= 11 is 1.51. The van der Waals surface area contributed by atoms with Crippen LogP contribution in [0, 0.1) is 0 Å². The molecule has 2 rings (SSSR count). The number of nitrogens with two attached hydrogens (primary N) is 2. The lowest BCUT2D eigenvalue weighted by Gasteiger charge is -2.44. The number of carboxylic acid groups (broad SMARTS) is 1. The number of hydrogen-bond acceptors (Lipinski definition) is 6. The Bertz CT molecular complexity index is 685. The third kappa shape index (κ3) is 9.53. The van der Waals surface area contributed by atoms with Gasteiger partial charge in [0, 0.05) is 19.6 Å². The highest BCUT2D eigenvalue weighted by Gasteiger charge is 2.53. The lowest BCUT2D eigenvalue weighted by atomic mass is 9.99. The Labute approximate surface area is 222 Å². The molecule has 2 fully saturated rings. The van der Waals surface area contributed by atoms with Crippen LogP contribution in [0.4, 0.5) is 0 Å². The largest absolute Gasteiger partial charge is 0.481 e. The molecule has 2 aliphatic rings. The summed E-state index contributed by atoms with van der Waals surface area (Å²) in [6, 6.07) is -0.508. The lowest BCUT2D eigenvalue weighted by Crippen LogP contribution is -2.55.